The van der Waals surface area contributed by atoms with Crippen LogP contribution >= 0.6 is 23.2 Å². The molecular formula is C9H8Cl2O5. The van der Waals surface area contributed by atoms with E-state index >= 15 is 0 Å². The lowest BCUT2D eigenvalue weighted by Crippen LogP contribution is -2.18. The van der Waals surface area contributed by atoms with Gasteiger partial charge < -0.3 is 14.2 Å². The van der Waals surface area contributed by atoms with E-state index in [0.717, 1.165) is 6.08 Å². The van der Waals surface area contributed by atoms with Crippen LogP contribution in [0, 0.1) is 0 Å². The average molecular weight is 267 g/mol. The topological polar surface area (TPSA) is 61.8 Å². The van der Waals surface area contributed by atoms with Crippen molar-refractivity contribution in [2.24, 2.45) is 0 Å². The molecule has 0 saturated heterocycles. The lowest BCUT2D eigenvalue weighted by molar-refractivity contribution is -0.163. The van der Waals surface area contributed by atoms with E-state index in [1.54, 1.807) is 0 Å². The van der Waals surface area contributed by atoms with Gasteiger partial charge in [0.2, 0.25) is 6.29 Å². The van der Waals surface area contributed by atoms with Crippen LogP contribution < -0.4 is 0 Å². The summed E-state index contributed by atoms with van der Waals surface area (Å²) in [5.41, 5.74) is 0. The van der Waals surface area contributed by atoms with Crippen LogP contribution in [0.25, 0.3) is 0 Å². The number of hydrogen-bond donors (Lipinski definition) is 0. The van der Waals surface area contributed by atoms with Crippen LogP contribution in [0.1, 0.15) is 0 Å². The van der Waals surface area contributed by atoms with E-state index in [1.165, 1.54) is 0 Å². The van der Waals surface area contributed by atoms with Gasteiger partial charge >= 0.3 is 11.9 Å². The Balaban J connectivity index is 2.28. The van der Waals surface area contributed by atoms with Crippen molar-refractivity contribution in [3.8, 4) is 0 Å². The summed E-state index contributed by atoms with van der Waals surface area (Å²) in [4.78, 5) is 21.5. The summed E-state index contributed by atoms with van der Waals surface area (Å²) in [6.07, 6.45) is 0.00315. The Morgan fingerprint density at radius 3 is 2.69 bits per heavy atom. The van der Waals surface area contributed by atoms with Crippen LogP contribution in [0.5, 0.6) is 0 Å². The number of carbonyl (C=O) groups excluding carboxylic acids is 2. The molecule has 0 aromatic carbocycles. The maximum Gasteiger partial charge on any atom is 0.353 e. The standard InChI is InChI=1S/C9H8Cl2O5/c1-2-5(12)14-3-4-15-9-7(11)6(10)8(13)16-9/h2,9H,1,3-4H2. The smallest absolute Gasteiger partial charge is 0.353 e. The highest BCUT2D eigenvalue weighted by Gasteiger charge is 2.32. The maximum atomic E-state index is 10.9. The van der Waals surface area contributed by atoms with Crippen molar-refractivity contribution in [3.05, 3.63) is 22.7 Å². The maximum absolute atomic E-state index is 10.9. The highest BCUT2D eigenvalue weighted by Crippen LogP contribution is 2.29. The van der Waals surface area contributed by atoms with E-state index in [0.29, 0.717) is 0 Å². The van der Waals surface area contributed by atoms with Crippen LogP contribution in [0.3, 0.4) is 0 Å². The van der Waals surface area contributed by atoms with Gasteiger partial charge in [0.15, 0.2) is 0 Å². The molecule has 0 N–H and O–H groups in total. The van der Waals surface area contributed by atoms with Crippen molar-refractivity contribution in [2.75, 3.05) is 13.2 Å². The van der Waals surface area contributed by atoms with Crippen molar-refractivity contribution in [1.29, 1.82) is 0 Å². The largest absolute Gasteiger partial charge is 0.460 e. The molecular weight excluding hydrogens is 259 g/mol. The quantitative estimate of drug-likeness (QED) is 0.427. The summed E-state index contributed by atoms with van der Waals surface area (Å²) in [7, 11) is 0. The molecule has 0 amide bonds. The van der Waals surface area contributed by atoms with Crippen LogP contribution in [0.4, 0.5) is 0 Å². The van der Waals surface area contributed by atoms with Gasteiger partial charge in [-0.05, 0) is 0 Å². The zero-order valence-electron chi connectivity index (χ0n) is 8.07. The molecule has 0 fully saturated rings. The van der Waals surface area contributed by atoms with E-state index in [-0.39, 0.29) is 23.3 Å². The molecule has 7 heteroatoms. The number of halogens is 2. The first-order chi connectivity index (χ1) is 7.56. The van der Waals surface area contributed by atoms with Gasteiger partial charge in [-0.15, -0.1) is 0 Å². The van der Waals surface area contributed by atoms with Crippen LogP contribution in [0.15, 0.2) is 22.7 Å². The summed E-state index contributed by atoms with van der Waals surface area (Å²) in [5.74, 6) is -1.30. The monoisotopic (exact) mass is 266 g/mol. The molecule has 0 aliphatic carbocycles. The van der Waals surface area contributed by atoms with Crippen LogP contribution in [-0.2, 0) is 23.8 Å². The van der Waals surface area contributed by atoms with E-state index < -0.39 is 18.2 Å². The van der Waals surface area contributed by atoms with E-state index in [9.17, 15) is 9.59 Å². The molecule has 1 unspecified atom stereocenters. The van der Waals surface area contributed by atoms with Gasteiger partial charge in [0, 0.05) is 6.08 Å². The Hall–Kier alpha value is -1.04. The Bertz CT molecular complexity index is 350. The van der Waals surface area contributed by atoms with Crippen LogP contribution in [0.2, 0.25) is 0 Å². The summed E-state index contributed by atoms with van der Waals surface area (Å²) < 4.78 is 14.3. The molecule has 1 aliphatic rings. The number of ether oxygens (including phenoxy) is 3. The Labute approximate surface area is 102 Å². The van der Waals surface area contributed by atoms with Gasteiger partial charge in [-0.25, -0.2) is 9.59 Å². The molecule has 0 bridgehead atoms. The minimum atomic E-state index is -1.02. The summed E-state index contributed by atoms with van der Waals surface area (Å²) in [6.45, 7) is 3.24. The molecule has 1 rings (SSSR count). The lowest BCUT2D eigenvalue weighted by atomic mass is 10.5. The second-order valence-corrected chi connectivity index (χ2v) is 3.43. The average Bonchev–Trinajstić information content (AvgIpc) is 2.52. The van der Waals surface area contributed by atoms with Gasteiger partial charge in [-0.1, -0.05) is 29.8 Å². The second-order valence-electron chi connectivity index (χ2n) is 2.64. The third-order valence-electron chi connectivity index (χ3n) is 1.57. The van der Waals surface area contributed by atoms with Crippen molar-refractivity contribution in [3.63, 3.8) is 0 Å². The summed E-state index contributed by atoms with van der Waals surface area (Å²) in [5, 5.41) is -0.212. The molecule has 16 heavy (non-hydrogen) atoms. The predicted octanol–water partition coefficient (Wildman–Crippen LogP) is 1.30. The first-order valence-corrected chi connectivity index (χ1v) is 4.98. The number of rotatable bonds is 5. The minimum absolute atomic E-state index is 0.000686. The Kier molecular flexibility index (Phi) is 4.79. The number of hydrogen-bond acceptors (Lipinski definition) is 5. The molecule has 0 saturated carbocycles. The third kappa shape index (κ3) is 3.23. The highest BCUT2D eigenvalue weighted by atomic mass is 35.5. The highest BCUT2D eigenvalue weighted by molar-refractivity contribution is 6.48. The van der Waals surface area contributed by atoms with E-state index in [1.807, 2.05) is 0 Å². The molecule has 1 aliphatic heterocycles. The molecule has 1 atom stereocenters. The van der Waals surface area contributed by atoms with Gasteiger partial charge in [0.05, 0.1) is 6.61 Å². The van der Waals surface area contributed by atoms with E-state index in [4.69, 9.17) is 27.9 Å². The summed E-state index contributed by atoms with van der Waals surface area (Å²) >= 11 is 11.1. The third-order valence-corrected chi connectivity index (χ3v) is 2.40. The Morgan fingerprint density at radius 2 is 2.19 bits per heavy atom. The minimum Gasteiger partial charge on any atom is -0.460 e. The molecule has 1 heterocycles. The number of esters is 2. The molecule has 0 aromatic rings. The first kappa shape index (κ1) is 13.0. The number of carbonyl (C=O) groups is 2. The Morgan fingerprint density at radius 1 is 1.50 bits per heavy atom. The van der Waals surface area contributed by atoms with Gasteiger partial charge in [0.1, 0.15) is 16.7 Å². The fourth-order valence-electron chi connectivity index (χ4n) is 0.865. The zero-order valence-corrected chi connectivity index (χ0v) is 9.59. The van der Waals surface area contributed by atoms with Crippen molar-refractivity contribution < 1.29 is 23.8 Å². The molecule has 5 nitrogen and oxygen atoms in total. The van der Waals surface area contributed by atoms with Gasteiger partial charge in [0.25, 0.3) is 0 Å². The fourth-order valence-corrected chi connectivity index (χ4v) is 1.18. The van der Waals surface area contributed by atoms with E-state index in [2.05, 4.69) is 16.1 Å². The zero-order chi connectivity index (χ0) is 12.1. The normalized spacial score (nSPS) is 19.6. The summed E-state index contributed by atoms with van der Waals surface area (Å²) in [6, 6.07) is 0. The molecule has 88 valence electrons. The van der Waals surface area contributed by atoms with Crippen LogP contribution in [-0.4, -0.2) is 31.4 Å². The lowest BCUT2D eigenvalue weighted by Gasteiger charge is -2.10. The van der Waals surface area contributed by atoms with Gasteiger partial charge in [-0.3, -0.25) is 0 Å². The fraction of sp³-hybridized carbons (Fsp3) is 0.333. The van der Waals surface area contributed by atoms with Crippen molar-refractivity contribution in [2.45, 2.75) is 6.29 Å². The van der Waals surface area contributed by atoms with Crippen molar-refractivity contribution in [1.82, 2.24) is 0 Å². The van der Waals surface area contributed by atoms with Gasteiger partial charge in [-0.2, -0.15) is 0 Å². The SMILES string of the molecule is C=CC(=O)OCCOC1OC(=O)C(Cl)=C1Cl. The first-order valence-electron chi connectivity index (χ1n) is 4.23. The number of cyclic esters (lactones) is 1. The molecule has 0 radical (unpaired) electrons. The second kappa shape index (κ2) is 5.89. The predicted molar refractivity (Wildman–Crippen MR) is 55.7 cm³/mol. The molecule has 0 aromatic heterocycles. The molecule has 0 spiro atoms. The van der Waals surface area contributed by atoms with Crippen molar-refractivity contribution >= 4 is 35.1 Å².